The lowest BCUT2D eigenvalue weighted by molar-refractivity contribution is -0.119. The van der Waals surface area contributed by atoms with E-state index in [1.807, 2.05) is 57.2 Å². The van der Waals surface area contributed by atoms with E-state index in [2.05, 4.69) is 5.32 Å². The van der Waals surface area contributed by atoms with Crippen LogP contribution in [0.5, 0.6) is 0 Å². The molecule has 3 rings (SSSR count). The first-order valence-corrected chi connectivity index (χ1v) is 12.7. The van der Waals surface area contributed by atoms with Gasteiger partial charge in [-0.15, -0.1) is 0 Å². The number of carbonyl (C=O) groups is 1. The molecule has 0 aliphatic heterocycles. The lowest BCUT2D eigenvalue weighted by Crippen LogP contribution is -2.41. The van der Waals surface area contributed by atoms with Crippen LogP contribution in [0.1, 0.15) is 28.7 Å². The van der Waals surface area contributed by atoms with Gasteiger partial charge in [0, 0.05) is 11.6 Å². The van der Waals surface area contributed by atoms with Crippen molar-refractivity contribution in [1.82, 2.24) is 5.32 Å². The molecule has 0 heterocycles. The molecule has 0 spiro atoms. The number of amides is 1. The molecule has 0 aromatic heterocycles. The Labute approximate surface area is 201 Å². The zero-order valence-electron chi connectivity index (χ0n) is 19.1. The maximum Gasteiger partial charge on any atom is 0.264 e. The van der Waals surface area contributed by atoms with Crippen LogP contribution in [0.4, 0.5) is 5.69 Å². The molecular formula is C26H29ClN2O3S. The molecule has 33 heavy (non-hydrogen) atoms. The van der Waals surface area contributed by atoms with Gasteiger partial charge >= 0.3 is 0 Å². The molecule has 0 fully saturated rings. The smallest absolute Gasteiger partial charge is 0.264 e. The molecule has 3 aromatic rings. The van der Waals surface area contributed by atoms with Gasteiger partial charge in [-0.05, 0) is 69.0 Å². The van der Waals surface area contributed by atoms with Crippen LogP contribution in [-0.4, -0.2) is 27.4 Å². The van der Waals surface area contributed by atoms with Crippen LogP contribution in [0.15, 0.2) is 71.6 Å². The first-order chi connectivity index (χ1) is 15.7. The summed E-state index contributed by atoms with van der Waals surface area (Å²) in [5.74, 6) is -0.357. The van der Waals surface area contributed by atoms with E-state index in [9.17, 15) is 13.2 Å². The van der Waals surface area contributed by atoms with Crippen molar-refractivity contribution in [3.8, 4) is 0 Å². The number of nitrogens with one attached hydrogen (secondary N) is 1. The predicted molar refractivity (Wildman–Crippen MR) is 134 cm³/mol. The van der Waals surface area contributed by atoms with Crippen LogP contribution < -0.4 is 9.62 Å². The van der Waals surface area contributed by atoms with Crippen LogP contribution in [0, 0.1) is 20.8 Å². The van der Waals surface area contributed by atoms with E-state index in [4.69, 9.17) is 11.6 Å². The molecule has 0 unspecified atom stereocenters. The summed E-state index contributed by atoms with van der Waals surface area (Å²) in [4.78, 5) is 12.9. The fourth-order valence-corrected chi connectivity index (χ4v) is 5.33. The van der Waals surface area contributed by atoms with E-state index in [1.54, 1.807) is 30.3 Å². The molecule has 0 radical (unpaired) electrons. The van der Waals surface area contributed by atoms with Gasteiger partial charge in [-0.1, -0.05) is 65.2 Å². The fraction of sp³-hybridized carbons (Fsp3) is 0.269. The molecule has 0 saturated carbocycles. The van der Waals surface area contributed by atoms with E-state index in [0.717, 1.165) is 28.7 Å². The van der Waals surface area contributed by atoms with Gasteiger partial charge in [0.25, 0.3) is 10.0 Å². The number of hydrogen-bond donors (Lipinski definition) is 1. The Hall–Kier alpha value is -2.83. The second-order valence-electron chi connectivity index (χ2n) is 8.16. The number of aryl methyl sites for hydroxylation is 4. The molecular weight excluding hydrogens is 456 g/mol. The van der Waals surface area contributed by atoms with E-state index in [1.165, 1.54) is 4.31 Å². The Balaban J connectivity index is 1.76. The van der Waals surface area contributed by atoms with Gasteiger partial charge in [0.1, 0.15) is 6.54 Å². The molecule has 0 atom stereocenters. The lowest BCUT2D eigenvalue weighted by Gasteiger charge is -2.26. The Kier molecular flexibility index (Phi) is 8.16. The number of halogens is 1. The number of sulfonamides is 1. The monoisotopic (exact) mass is 484 g/mol. The third-order valence-electron chi connectivity index (χ3n) is 5.42. The predicted octanol–water partition coefficient (Wildman–Crippen LogP) is 5.21. The minimum absolute atomic E-state index is 0.152. The van der Waals surface area contributed by atoms with Crippen LogP contribution in [-0.2, 0) is 21.2 Å². The van der Waals surface area contributed by atoms with Crippen molar-refractivity contribution in [2.45, 2.75) is 38.5 Å². The minimum Gasteiger partial charge on any atom is -0.355 e. The summed E-state index contributed by atoms with van der Waals surface area (Å²) in [6.07, 6.45) is 1.42. The number of anilines is 1. The van der Waals surface area contributed by atoms with Gasteiger partial charge in [-0.25, -0.2) is 8.42 Å². The first-order valence-electron chi connectivity index (χ1n) is 10.9. The van der Waals surface area contributed by atoms with Crippen LogP contribution in [0.25, 0.3) is 0 Å². The maximum absolute atomic E-state index is 13.5. The van der Waals surface area contributed by atoms with E-state index >= 15 is 0 Å². The zero-order chi connectivity index (χ0) is 24.0. The summed E-state index contributed by atoms with van der Waals surface area (Å²) in [6.45, 7) is 5.82. The summed E-state index contributed by atoms with van der Waals surface area (Å²) >= 11 is 6.19. The van der Waals surface area contributed by atoms with Crippen molar-refractivity contribution in [2.24, 2.45) is 0 Å². The lowest BCUT2D eigenvalue weighted by atomic mass is 10.1. The highest BCUT2D eigenvalue weighted by Crippen LogP contribution is 2.27. The summed E-state index contributed by atoms with van der Waals surface area (Å²) in [7, 11) is -3.93. The normalized spacial score (nSPS) is 11.3. The van der Waals surface area contributed by atoms with Crippen LogP contribution >= 0.6 is 11.6 Å². The Morgan fingerprint density at radius 3 is 2.27 bits per heavy atom. The highest BCUT2D eigenvalue weighted by molar-refractivity contribution is 7.92. The van der Waals surface area contributed by atoms with E-state index < -0.39 is 10.0 Å². The van der Waals surface area contributed by atoms with Gasteiger partial charge in [-0.3, -0.25) is 9.10 Å². The van der Waals surface area contributed by atoms with Crippen LogP contribution in [0.3, 0.4) is 0 Å². The second kappa shape index (κ2) is 10.9. The third kappa shape index (κ3) is 6.36. The largest absolute Gasteiger partial charge is 0.355 e. The van der Waals surface area contributed by atoms with Crippen molar-refractivity contribution in [2.75, 3.05) is 17.4 Å². The van der Waals surface area contributed by atoms with Crippen LogP contribution in [0.2, 0.25) is 5.02 Å². The average Bonchev–Trinajstić information content (AvgIpc) is 2.77. The number of rotatable bonds is 9. The van der Waals surface area contributed by atoms with Gasteiger partial charge in [-0.2, -0.15) is 0 Å². The van der Waals surface area contributed by atoms with E-state index in [-0.39, 0.29) is 17.3 Å². The summed E-state index contributed by atoms with van der Waals surface area (Å²) in [5, 5.41) is 3.55. The van der Waals surface area contributed by atoms with Gasteiger partial charge in [0.05, 0.1) is 10.6 Å². The minimum atomic E-state index is -3.93. The number of nitrogens with zero attached hydrogens (tertiary/aromatic N) is 1. The van der Waals surface area contributed by atoms with Crippen molar-refractivity contribution >= 4 is 33.2 Å². The molecule has 174 valence electrons. The Morgan fingerprint density at radius 2 is 1.61 bits per heavy atom. The van der Waals surface area contributed by atoms with Gasteiger partial charge in [0.2, 0.25) is 5.91 Å². The molecule has 7 heteroatoms. The number of benzene rings is 3. The SMILES string of the molecule is Cc1ccc(S(=O)(=O)N(CC(=O)NCCCc2ccccc2Cl)c2ccc(C)cc2C)cc1. The van der Waals surface area contributed by atoms with E-state index in [0.29, 0.717) is 23.7 Å². The molecule has 3 aromatic carbocycles. The molecule has 0 aliphatic rings. The summed E-state index contributed by atoms with van der Waals surface area (Å²) in [5.41, 5.74) is 4.29. The Morgan fingerprint density at radius 1 is 0.939 bits per heavy atom. The average molecular weight is 485 g/mol. The molecule has 0 bridgehead atoms. The fourth-order valence-electron chi connectivity index (χ4n) is 3.62. The number of hydrogen-bond acceptors (Lipinski definition) is 3. The van der Waals surface area contributed by atoms with Crippen molar-refractivity contribution in [1.29, 1.82) is 0 Å². The summed E-state index contributed by atoms with van der Waals surface area (Å²) in [6, 6.07) is 19.8. The van der Waals surface area contributed by atoms with Crippen molar-refractivity contribution in [3.05, 3.63) is 94.0 Å². The highest BCUT2D eigenvalue weighted by atomic mass is 35.5. The molecule has 1 N–H and O–H groups in total. The van der Waals surface area contributed by atoms with Crippen molar-refractivity contribution in [3.63, 3.8) is 0 Å². The molecule has 0 saturated heterocycles. The zero-order valence-corrected chi connectivity index (χ0v) is 20.7. The quantitative estimate of drug-likeness (QED) is 0.424. The number of carbonyl (C=O) groups excluding carboxylic acids is 1. The van der Waals surface area contributed by atoms with Crippen molar-refractivity contribution < 1.29 is 13.2 Å². The van der Waals surface area contributed by atoms with Gasteiger partial charge in [0.15, 0.2) is 0 Å². The first kappa shape index (κ1) is 24.8. The van der Waals surface area contributed by atoms with Gasteiger partial charge < -0.3 is 5.32 Å². The molecule has 0 aliphatic carbocycles. The Bertz CT molecular complexity index is 1220. The third-order valence-corrected chi connectivity index (χ3v) is 7.56. The highest BCUT2D eigenvalue weighted by Gasteiger charge is 2.28. The standard InChI is InChI=1S/C26H29ClN2O3S/c1-19-10-13-23(14-11-19)33(31,32)29(25-15-12-20(2)17-21(25)3)18-26(30)28-16-6-8-22-7-4-5-9-24(22)27/h4-5,7,9-15,17H,6,8,16,18H2,1-3H3,(H,28,30). The summed E-state index contributed by atoms with van der Waals surface area (Å²) < 4.78 is 28.2. The maximum atomic E-state index is 13.5. The second-order valence-corrected chi connectivity index (χ2v) is 10.4. The molecule has 5 nitrogen and oxygen atoms in total. The molecule has 1 amide bonds. The topological polar surface area (TPSA) is 66.5 Å².